The first-order chi connectivity index (χ1) is 13.0. The van der Waals surface area contributed by atoms with Crippen molar-refractivity contribution >= 4 is 23.0 Å². The van der Waals surface area contributed by atoms with Crippen LogP contribution >= 0.6 is 0 Å². The molecule has 7 nitrogen and oxygen atoms in total. The van der Waals surface area contributed by atoms with Crippen LogP contribution in [-0.4, -0.2) is 31.1 Å². The molecule has 0 aliphatic carbocycles. The molecule has 2 N–H and O–H groups in total. The van der Waals surface area contributed by atoms with E-state index in [1.807, 2.05) is 24.3 Å². The second-order valence-corrected chi connectivity index (χ2v) is 6.16. The fourth-order valence-electron chi connectivity index (χ4n) is 2.61. The molecule has 27 heavy (non-hydrogen) atoms. The molecular weight excluding hydrogens is 346 g/mol. The first kappa shape index (κ1) is 20.4. The third kappa shape index (κ3) is 6.07. The van der Waals surface area contributed by atoms with Crippen LogP contribution in [0, 0.1) is 10.1 Å². The minimum Gasteiger partial charge on any atom is -0.383 e. The highest BCUT2D eigenvalue weighted by Gasteiger charge is 2.17. The fourth-order valence-corrected chi connectivity index (χ4v) is 2.61. The molecule has 0 bridgehead atoms. The minimum absolute atomic E-state index is 0.132. The highest BCUT2D eigenvalue weighted by Crippen LogP contribution is 2.23. The number of benzene rings is 2. The van der Waals surface area contributed by atoms with Crippen LogP contribution in [0.25, 0.3) is 0 Å². The lowest BCUT2D eigenvalue weighted by Crippen LogP contribution is -2.17. The van der Waals surface area contributed by atoms with Crippen molar-refractivity contribution in [3.8, 4) is 0 Å². The van der Waals surface area contributed by atoms with E-state index in [1.165, 1.54) is 23.8 Å². The van der Waals surface area contributed by atoms with Gasteiger partial charge in [0.15, 0.2) is 0 Å². The number of nitro groups is 1. The van der Waals surface area contributed by atoms with Crippen LogP contribution < -0.4 is 10.6 Å². The number of amides is 1. The van der Waals surface area contributed by atoms with Crippen molar-refractivity contribution in [3.63, 3.8) is 0 Å². The van der Waals surface area contributed by atoms with Crippen molar-refractivity contribution in [1.82, 2.24) is 0 Å². The summed E-state index contributed by atoms with van der Waals surface area (Å²) in [6.07, 6.45) is 3.25. The molecule has 7 heteroatoms. The number of hydrogen-bond acceptors (Lipinski definition) is 5. The van der Waals surface area contributed by atoms with Gasteiger partial charge in [0.1, 0.15) is 0 Å². The van der Waals surface area contributed by atoms with Crippen molar-refractivity contribution in [2.24, 2.45) is 0 Å². The molecule has 2 aromatic carbocycles. The maximum atomic E-state index is 12.7. The number of non-ortho nitro benzene ring substituents is 1. The second kappa shape index (κ2) is 10.3. The SMILES string of the molecule is CCCCc1ccc(NC(=O)c2cc([N+](=O)[O-])ccc2NCCOC)cc1. The Bertz CT molecular complexity index is 775. The van der Waals surface area contributed by atoms with Crippen molar-refractivity contribution < 1.29 is 14.5 Å². The van der Waals surface area contributed by atoms with Gasteiger partial charge in [0.05, 0.1) is 17.1 Å². The Morgan fingerprint density at radius 1 is 1.19 bits per heavy atom. The first-order valence-corrected chi connectivity index (χ1v) is 8.96. The average molecular weight is 371 g/mol. The van der Waals surface area contributed by atoms with Crippen LogP contribution in [0.4, 0.5) is 17.1 Å². The van der Waals surface area contributed by atoms with Crippen LogP contribution in [0.5, 0.6) is 0 Å². The van der Waals surface area contributed by atoms with E-state index in [2.05, 4.69) is 17.6 Å². The van der Waals surface area contributed by atoms with Gasteiger partial charge < -0.3 is 15.4 Å². The zero-order valence-electron chi connectivity index (χ0n) is 15.7. The number of nitrogens with one attached hydrogen (secondary N) is 2. The summed E-state index contributed by atoms with van der Waals surface area (Å²) in [6, 6.07) is 11.8. The summed E-state index contributed by atoms with van der Waals surface area (Å²) in [5.41, 5.74) is 2.47. The van der Waals surface area contributed by atoms with Crippen molar-refractivity contribution in [2.45, 2.75) is 26.2 Å². The number of carbonyl (C=O) groups excluding carboxylic acids is 1. The molecule has 0 spiro atoms. The van der Waals surface area contributed by atoms with Crippen molar-refractivity contribution in [3.05, 3.63) is 63.7 Å². The Kier molecular flexibility index (Phi) is 7.76. The van der Waals surface area contributed by atoms with E-state index in [9.17, 15) is 14.9 Å². The van der Waals surface area contributed by atoms with Gasteiger partial charge in [-0.15, -0.1) is 0 Å². The Morgan fingerprint density at radius 3 is 2.56 bits per heavy atom. The number of ether oxygens (including phenoxy) is 1. The number of nitro benzene ring substituents is 1. The molecule has 0 fully saturated rings. The maximum absolute atomic E-state index is 12.7. The molecule has 0 saturated carbocycles. The minimum atomic E-state index is -0.516. The quantitative estimate of drug-likeness (QED) is 0.370. The molecule has 0 aliphatic heterocycles. The third-order valence-electron chi connectivity index (χ3n) is 4.11. The largest absolute Gasteiger partial charge is 0.383 e. The predicted molar refractivity (Wildman–Crippen MR) is 106 cm³/mol. The standard InChI is InChI=1S/C20H25N3O4/c1-3-4-5-15-6-8-16(9-7-15)22-20(24)18-14-17(23(25)26)10-11-19(18)21-12-13-27-2/h6-11,14,21H,3-5,12-13H2,1-2H3,(H,22,24). The summed E-state index contributed by atoms with van der Waals surface area (Å²) in [5.74, 6) is -0.403. The average Bonchev–Trinajstić information content (AvgIpc) is 2.67. The van der Waals surface area contributed by atoms with Crippen LogP contribution in [0.1, 0.15) is 35.7 Å². The second-order valence-electron chi connectivity index (χ2n) is 6.16. The lowest BCUT2D eigenvalue weighted by Gasteiger charge is -2.12. The summed E-state index contributed by atoms with van der Waals surface area (Å²) in [4.78, 5) is 23.2. The van der Waals surface area contributed by atoms with Crippen LogP contribution in [0.15, 0.2) is 42.5 Å². The normalized spacial score (nSPS) is 10.4. The molecule has 0 unspecified atom stereocenters. The Morgan fingerprint density at radius 2 is 1.93 bits per heavy atom. The van der Waals surface area contributed by atoms with Gasteiger partial charge in [-0.05, 0) is 36.6 Å². The van der Waals surface area contributed by atoms with Crippen LogP contribution in [0.2, 0.25) is 0 Å². The first-order valence-electron chi connectivity index (χ1n) is 8.96. The molecule has 0 aliphatic rings. The summed E-state index contributed by atoms with van der Waals surface area (Å²) < 4.78 is 4.99. The van der Waals surface area contributed by atoms with Crippen molar-refractivity contribution in [1.29, 1.82) is 0 Å². The molecule has 2 aromatic rings. The number of aryl methyl sites for hydroxylation is 1. The molecule has 144 valence electrons. The summed E-state index contributed by atoms with van der Waals surface area (Å²) >= 11 is 0. The molecule has 0 saturated heterocycles. The zero-order valence-corrected chi connectivity index (χ0v) is 15.7. The number of nitrogens with zero attached hydrogens (tertiary/aromatic N) is 1. The van der Waals surface area contributed by atoms with Gasteiger partial charge in [-0.25, -0.2) is 0 Å². The van der Waals surface area contributed by atoms with E-state index in [4.69, 9.17) is 4.74 Å². The van der Waals surface area contributed by atoms with Gasteiger partial charge in [0, 0.05) is 37.2 Å². The summed E-state index contributed by atoms with van der Waals surface area (Å²) in [7, 11) is 1.58. The lowest BCUT2D eigenvalue weighted by molar-refractivity contribution is -0.384. The third-order valence-corrected chi connectivity index (χ3v) is 4.11. The Labute approximate surface area is 158 Å². The number of anilines is 2. The van der Waals surface area contributed by atoms with E-state index in [0.29, 0.717) is 24.5 Å². The predicted octanol–water partition coefficient (Wildman–Crippen LogP) is 4.25. The highest BCUT2D eigenvalue weighted by molar-refractivity contribution is 6.08. The number of methoxy groups -OCH3 is 1. The summed E-state index contributed by atoms with van der Waals surface area (Å²) in [5, 5.41) is 16.9. The van der Waals surface area contributed by atoms with E-state index in [0.717, 1.165) is 19.3 Å². The van der Waals surface area contributed by atoms with E-state index in [1.54, 1.807) is 7.11 Å². The number of hydrogen-bond donors (Lipinski definition) is 2. The zero-order chi connectivity index (χ0) is 19.6. The maximum Gasteiger partial charge on any atom is 0.270 e. The van der Waals surface area contributed by atoms with E-state index >= 15 is 0 Å². The molecule has 0 radical (unpaired) electrons. The van der Waals surface area contributed by atoms with Gasteiger partial charge in [-0.2, -0.15) is 0 Å². The number of rotatable bonds is 10. The van der Waals surface area contributed by atoms with Gasteiger partial charge in [-0.3, -0.25) is 14.9 Å². The molecule has 0 aromatic heterocycles. The highest BCUT2D eigenvalue weighted by atomic mass is 16.6. The topological polar surface area (TPSA) is 93.5 Å². The van der Waals surface area contributed by atoms with Crippen molar-refractivity contribution in [2.75, 3.05) is 30.9 Å². The lowest BCUT2D eigenvalue weighted by atomic mass is 10.1. The monoisotopic (exact) mass is 371 g/mol. The van der Waals surface area contributed by atoms with Crippen LogP contribution in [0.3, 0.4) is 0 Å². The van der Waals surface area contributed by atoms with Gasteiger partial charge in [-0.1, -0.05) is 25.5 Å². The smallest absolute Gasteiger partial charge is 0.270 e. The van der Waals surface area contributed by atoms with Gasteiger partial charge in [0.25, 0.3) is 11.6 Å². The molecule has 2 rings (SSSR count). The number of unbranched alkanes of at least 4 members (excludes halogenated alkanes) is 1. The number of carbonyl (C=O) groups is 1. The molecule has 0 atom stereocenters. The van der Waals surface area contributed by atoms with Gasteiger partial charge >= 0.3 is 0 Å². The fraction of sp³-hybridized carbons (Fsp3) is 0.350. The van der Waals surface area contributed by atoms with E-state index in [-0.39, 0.29) is 11.3 Å². The molecule has 1 amide bonds. The van der Waals surface area contributed by atoms with Crippen LogP contribution in [-0.2, 0) is 11.2 Å². The molecular formula is C20H25N3O4. The van der Waals surface area contributed by atoms with Gasteiger partial charge in [0.2, 0.25) is 0 Å². The summed E-state index contributed by atoms with van der Waals surface area (Å²) in [6.45, 7) is 3.09. The van der Waals surface area contributed by atoms with E-state index < -0.39 is 10.8 Å². The Balaban J connectivity index is 2.17. The Hall–Kier alpha value is -2.93. The molecule has 0 heterocycles.